The van der Waals surface area contributed by atoms with E-state index in [2.05, 4.69) is 10.2 Å². The average molecular weight is 326 g/mol. The summed E-state index contributed by atoms with van der Waals surface area (Å²) in [6.07, 6.45) is 0. The van der Waals surface area contributed by atoms with Gasteiger partial charge in [-0.05, 0) is 25.1 Å². The lowest BCUT2D eigenvalue weighted by atomic mass is 10.1. The summed E-state index contributed by atoms with van der Waals surface area (Å²) in [5.41, 5.74) is 1.23. The van der Waals surface area contributed by atoms with Crippen molar-refractivity contribution in [2.24, 2.45) is 0 Å². The Bertz CT molecular complexity index is 567. The van der Waals surface area contributed by atoms with Crippen LogP contribution in [0.5, 0.6) is 0 Å². The van der Waals surface area contributed by atoms with E-state index in [1.165, 1.54) is 0 Å². The van der Waals surface area contributed by atoms with Gasteiger partial charge in [-0.25, -0.2) is 4.79 Å². The molecule has 2 aliphatic heterocycles. The van der Waals surface area contributed by atoms with Gasteiger partial charge in [-0.15, -0.1) is 12.4 Å². The molecule has 0 spiro atoms. The molecule has 1 aromatic rings. The van der Waals surface area contributed by atoms with E-state index in [-0.39, 0.29) is 30.3 Å². The fourth-order valence-electron chi connectivity index (χ4n) is 2.81. The molecule has 2 heterocycles. The number of rotatable bonds is 3. The minimum atomic E-state index is -0.356. The van der Waals surface area contributed by atoms with Crippen LogP contribution in [0.1, 0.15) is 17.3 Å². The molecule has 2 aliphatic rings. The first-order valence-corrected chi connectivity index (χ1v) is 7.24. The molecular formula is C15H20ClN3O3. The topological polar surface area (TPSA) is 61.9 Å². The summed E-state index contributed by atoms with van der Waals surface area (Å²) < 4.78 is 5.00. The molecule has 7 heteroatoms. The van der Waals surface area contributed by atoms with Crippen molar-refractivity contribution >= 4 is 30.0 Å². The van der Waals surface area contributed by atoms with Gasteiger partial charge in [-0.2, -0.15) is 0 Å². The van der Waals surface area contributed by atoms with E-state index >= 15 is 0 Å². The zero-order valence-electron chi connectivity index (χ0n) is 12.4. The van der Waals surface area contributed by atoms with Crippen LogP contribution in [-0.4, -0.2) is 55.7 Å². The molecular weight excluding hydrogens is 306 g/mol. The highest BCUT2D eigenvalue weighted by atomic mass is 35.5. The Morgan fingerprint density at radius 2 is 2.27 bits per heavy atom. The highest BCUT2D eigenvalue weighted by Gasteiger charge is 2.40. The molecule has 0 bridgehead atoms. The van der Waals surface area contributed by atoms with Crippen LogP contribution in [0.4, 0.5) is 5.69 Å². The molecule has 2 saturated heterocycles. The number of carbonyl (C=O) groups excluding carboxylic acids is 2. The van der Waals surface area contributed by atoms with Crippen LogP contribution in [0.3, 0.4) is 0 Å². The van der Waals surface area contributed by atoms with Gasteiger partial charge in [0.1, 0.15) is 6.04 Å². The van der Waals surface area contributed by atoms with E-state index in [1.54, 1.807) is 30.0 Å². The SMILES string of the molecule is CCOC(=O)c1cccc(N2CN3CCNCC3C2=O)c1.Cl. The molecule has 0 radical (unpaired) electrons. The number of hydrogen-bond donors (Lipinski definition) is 1. The van der Waals surface area contributed by atoms with Crippen LogP contribution >= 0.6 is 12.4 Å². The molecule has 0 aliphatic carbocycles. The van der Waals surface area contributed by atoms with Crippen LogP contribution in [0.25, 0.3) is 0 Å². The Hall–Kier alpha value is -1.63. The van der Waals surface area contributed by atoms with Gasteiger partial charge in [0.15, 0.2) is 0 Å². The van der Waals surface area contributed by atoms with Crippen LogP contribution in [0.2, 0.25) is 0 Å². The van der Waals surface area contributed by atoms with Crippen molar-refractivity contribution in [1.29, 1.82) is 0 Å². The van der Waals surface area contributed by atoms with E-state index in [9.17, 15) is 9.59 Å². The van der Waals surface area contributed by atoms with Crippen molar-refractivity contribution in [3.05, 3.63) is 29.8 Å². The number of anilines is 1. The number of nitrogens with zero attached hydrogens (tertiary/aromatic N) is 2. The predicted octanol–water partition coefficient (Wildman–Crippen LogP) is 0.863. The van der Waals surface area contributed by atoms with Gasteiger partial charge in [0.25, 0.3) is 0 Å². The Labute approximate surface area is 135 Å². The minimum Gasteiger partial charge on any atom is -0.462 e. The Kier molecular flexibility index (Phi) is 5.39. The van der Waals surface area contributed by atoms with Crippen molar-refractivity contribution in [2.75, 3.05) is 37.8 Å². The summed E-state index contributed by atoms with van der Waals surface area (Å²) in [6, 6.07) is 6.97. The number of ether oxygens (including phenoxy) is 1. The number of fused-ring (bicyclic) bond motifs is 1. The fourth-order valence-corrected chi connectivity index (χ4v) is 2.81. The van der Waals surface area contributed by atoms with Gasteiger partial charge in [-0.1, -0.05) is 6.07 Å². The zero-order chi connectivity index (χ0) is 14.8. The monoisotopic (exact) mass is 325 g/mol. The van der Waals surface area contributed by atoms with Crippen molar-refractivity contribution in [3.63, 3.8) is 0 Å². The predicted molar refractivity (Wildman–Crippen MR) is 85.4 cm³/mol. The number of halogens is 1. The van der Waals surface area contributed by atoms with Crippen molar-refractivity contribution in [2.45, 2.75) is 13.0 Å². The zero-order valence-corrected chi connectivity index (χ0v) is 13.3. The molecule has 3 rings (SSSR count). The van der Waals surface area contributed by atoms with Crippen LogP contribution in [0.15, 0.2) is 24.3 Å². The molecule has 1 N–H and O–H groups in total. The first-order valence-electron chi connectivity index (χ1n) is 7.24. The van der Waals surface area contributed by atoms with Crippen molar-refractivity contribution < 1.29 is 14.3 Å². The lowest BCUT2D eigenvalue weighted by molar-refractivity contribution is -0.120. The van der Waals surface area contributed by atoms with Gasteiger partial charge < -0.3 is 10.1 Å². The van der Waals surface area contributed by atoms with E-state index < -0.39 is 0 Å². The molecule has 0 aromatic heterocycles. The third-order valence-corrected chi connectivity index (χ3v) is 3.90. The van der Waals surface area contributed by atoms with Crippen molar-refractivity contribution in [1.82, 2.24) is 10.2 Å². The van der Waals surface area contributed by atoms with Gasteiger partial charge in [0.05, 0.1) is 18.8 Å². The average Bonchev–Trinajstić information content (AvgIpc) is 2.85. The molecule has 6 nitrogen and oxygen atoms in total. The molecule has 1 amide bonds. The molecule has 22 heavy (non-hydrogen) atoms. The normalized spacial score (nSPS) is 21.2. The van der Waals surface area contributed by atoms with Crippen LogP contribution in [-0.2, 0) is 9.53 Å². The summed E-state index contributed by atoms with van der Waals surface area (Å²) in [4.78, 5) is 28.2. The summed E-state index contributed by atoms with van der Waals surface area (Å²) in [6.45, 7) is 5.15. The molecule has 0 saturated carbocycles. The maximum atomic E-state index is 12.5. The lowest BCUT2D eigenvalue weighted by Gasteiger charge is -2.26. The number of amides is 1. The third-order valence-electron chi connectivity index (χ3n) is 3.90. The molecule has 1 aromatic carbocycles. The lowest BCUT2D eigenvalue weighted by Crippen LogP contribution is -2.50. The number of carbonyl (C=O) groups is 2. The van der Waals surface area contributed by atoms with Crippen LogP contribution in [0, 0.1) is 0 Å². The summed E-state index contributed by atoms with van der Waals surface area (Å²) in [5, 5.41) is 3.24. The van der Waals surface area contributed by atoms with E-state index in [4.69, 9.17) is 4.74 Å². The maximum absolute atomic E-state index is 12.5. The molecule has 120 valence electrons. The minimum absolute atomic E-state index is 0. The Morgan fingerprint density at radius 3 is 3.00 bits per heavy atom. The Morgan fingerprint density at radius 1 is 1.45 bits per heavy atom. The van der Waals surface area contributed by atoms with E-state index in [1.807, 2.05) is 6.07 Å². The smallest absolute Gasteiger partial charge is 0.338 e. The number of piperazine rings is 1. The second kappa shape index (κ2) is 7.09. The number of esters is 1. The first-order chi connectivity index (χ1) is 10.2. The second-order valence-electron chi connectivity index (χ2n) is 5.21. The fraction of sp³-hybridized carbons (Fsp3) is 0.467. The largest absolute Gasteiger partial charge is 0.462 e. The molecule has 2 fully saturated rings. The van der Waals surface area contributed by atoms with E-state index in [0.717, 1.165) is 18.8 Å². The van der Waals surface area contributed by atoms with Gasteiger partial charge in [-0.3, -0.25) is 14.6 Å². The van der Waals surface area contributed by atoms with Gasteiger partial charge in [0.2, 0.25) is 5.91 Å². The first kappa shape index (κ1) is 16.7. The molecule has 1 unspecified atom stereocenters. The van der Waals surface area contributed by atoms with Crippen molar-refractivity contribution in [3.8, 4) is 0 Å². The van der Waals surface area contributed by atoms with Gasteiger partial charge in [0, 0.05) is 25.3 Å². The summed E-state index contributed by atoms with van der Waals surface area (Å²) in [5.74, 6) is -0.270. The second-order valence-corrected chi connectivity index (χ2v) is 5.21. The standard InChI is InChI=1S/C15H19N3O3.ClH/c1-2-21-15(20)11-4-3-5-12(8-11)18-10-17-7-6-16-9-13(17)14(18)19;/h3-5,8,13,16H,2,6-7,9-10H2,1H3;1H. The summed E-state index contributed by atoms with van der Waals surface area (Å²) >= 11 is 0. The number of benzene rings is 1. The highest BCUT2D eigenvalue weighted by Crippen LogP contribution is 2.25. The van der Waals surface area contributed by atoms with Gasteiger partial charge >= 0.3 is 5.97 Å². The molecule has 1 atom stereocenters. The maximum Gasteiger partial charge on any atom is 0.338 e. The summed E-state index contributed by atoms with van der Waals surface area (Å²) in [7, 11) is 0. The number of nitrogens with one attached hydrogen (secondary N) is 1. The highest BCUT2D eigenvalue weighted by molar-refractivity contribution is 6.00. The van der Waals surface area contributed by atoms with Crippen LogP contribution < -0.4 is 10.2 Å². The van der Waals surface area contributed by atoms with E-state index in [0.29, 0.717) is 25.4 Å². The Balaban J connectivity index is 0.00000176. The number of hydrogen-bond acceptors (Lipinski definition) is 5. The quantitative estimate of drug-likeness (QED) is 0.835. The third kappa shape index (κ3) is 3.09.